The molecule has 3 fully saturated rings. The van der Waals surface area contributed by atoms with Crippen LogP contribution in [0, 0.1) is 12.8 Å². The number of benzene rings is 2. The van der Waals surface area contributed by atoms with Gasteiger partial charge in [-0.05, 0) is 36.6 Å². The first-order chi connectivity index (χ1) is 15.3. The summed E-state index contributed by atoms with van der Waals surface area (Å²) in [5, 5.41) is 4.12. The lowest BCUT2D eigenvalue weighted by atomic mass is 10.0. The summed E-state index contributed by atoms with van der Waals surface area (Å²) in [6.45, 7) is 6.11. The molecule has 4 unspecified atom stereocenters. The summed E-state index contributed by atoms with van der Waals surface area (Å²) in [5.74, 6) is 0.201. The minimum absolute atomic E-state index is 0.150. The van der Waals surface area contributed by atoms with Gasteiger partial charge < -0.3 is 9.80 Å². The van der Waals surface area contributed by atoms with Gasteiger partial charge in [0, 0.05) is 30.8 Å². The number of urea groups is 1. The zero-order valence-corrected chi connectivity index (χ0v) is 19.3. The number of aryl methyl sites for hydroxylation is 1. The van der Waals surface area contributed by atoms with Crippen LogP contribution < -0.4 is 10.2 Å². The third-order valence-corrected chi connectivity index (χ3v) is 7.11. The van der Waals surface area contributed by atoms with Gasteiger partial charge in [-0.1, -0.05) is 54.4 Å². The van der Waals surface area contributed by atoms with E-state index in [1.165, 1.54) is 10.5 Å². The lowest BCUT2D eigenvalue weighted by Gasteiger charge is -2.46. The predicted octanol–water partition coefficient (Wildman–Crippen LogP) is 3.08. The Balaban J connectivity index is 1.46. The van der Waals surface area contributed by atoms with Crippen molar-refractivity contribution < 1.29 is 9.59 Å². The van der Waals surface area contributed by atoms with Crippen LogP contribution in [-0.2, 0) is 11.3 Å². The quantitative estimate of drug-likeness (QED) is 0.774. The zero-order chi connectivity index (χ0) is 22.6. The number of imide groups is 1. The summed E-state index contributed by atoms with van der Waals surface area (Å²) >= 11 is 6.32. The first-order valence-corrected chi connectivity index (χ1v) is 11.4. The number of likely N-dealkylation sites (N-methyl/N-ethyl adjacent to an activating group) is 1. The molecule has 0 saturated carbocycles. The molecule has 5 rings (SSSR count). The number of hydrogen-bond acceptors (Lipinski definition) is 5. The van der Waals surface area contributed by atoms with Crippen LogP contribution in [0.2, 0.25) is 5.02 Å². The molecule has 3 aliphatic rings. The molecular formula is C24H28ClN5O2. The topological polar surface area (TPSA) is 59.1 Å². The number of nitrogens with zero attached hydrogens (tertiary/aromatic N) is 4. The van der Waals surface area contributed by atoms with E-state index in [1.54, 1.807) is 18.0 Å². The highest BCUT2D eigenvalue weighted by molar-refractivity contribution is 6.31. The van der Waals surface area contributed by atoms with Crippen LogP contribution in [-0.4, -0.2) is 65.3 Å². The Hall–Kier alpha value is -2.61. The first kappa shape index (κ1) is 21.2. The van der Waals surface area contributed by atoms with E-state index in [0.29, 0.717) is 10.9 Å². The summed E-state index contributed by atoms with van der Waals surface area (Å²) in [6, 6.07) is 15.0. The average Bonchev–Trinajstić information content (AvgIpc) is 3.16. The molecule has 0 bridgehead atoms. The molecule has 0 spiro atoms. The van der Waals surface area contributed by atoms with Gasteiger partial charge in [0.2, 0.25) is 0 Å². The standard InChI is InChI=1S/C24H28ClN5O2/c1-15-8-10-18(11-9-15)28-12-16(2)13-29-20-21(26-23(28)29)27(3)24(32)30(22(20)31)14-17-6-4-5-7-19(17)25/h4-11,16,20-21,23,26H,12-14H2,1-3H3. The van der Waals surface area contributed by atoms with Crippen LogP contribution in [0.4, 0.5) is 10.5 Å². The highest BCUT2D eigenvalue weighted by atomic mass is 35.5. The average molecular weight is 454 g/mol. The van der Waals surface area contributed by atoms with Crippen LogP contribution in [0.3, 0.4) is 0 Å². The summed E-state index contributed by atoms with van der Waals surface area (Å²) in [5.41, 5.74) is 3.08. The highest BCUT2D eigenvalue weighted by Crippen LogP contribution is 2.35. The zero-order valence-electron chi connectivity index (χ0n) is 18.5. The fraction of sp³-hybridized carbons (Fsp3) is 0.417. The summed E-state index contributed by atoms with van der Waals surface area (Å²) in [7, 11) is 1.76. The van der Waals surface area contributed by atoms with Gasteiger partial charge >= 0.3 is 6.03 Å². The third-order valence-electron chi connectivity index (χ3n) is 6.74. The van der Waals surface area contributed by atoms with Crippen LogP contribution in [0.15, 0.2) is 48.5 Å². The van der Waals surface area contributed by atoms with E-state index in [-0.39, 0.29) is 30.9 Å². The summed E-state index contributed by atoms with van der Waals surface area (Å²) in [4.78, 5) is 34.3. The summed E-state index contributed by atoms with van der Waals surface area (Å²) in [6.07, 6.45) is -0.524. The molecule has 7 nitrogen and oxygen atoms in total. The molecule has 2 aromatic rings. The number of carbonyl (C=O) groups is 2. The van der Waals surface area contributed by atoms with Crippen molar-refractivity contribution in [1.29, 1.82) is 0 Å². The number of halogens is 1. The van der Waals surface area contributed by atoms with E-state index in [1.807, 2.05) is 18.2 Å². The van der Waals surface area contributed by atoms with Crippen molar-refractivity contribution in [1.82, 2.24) is 20.0 Å². The number of nitrogens with one attached hydrogen (secondary N) is 1. The van der Waals surface area contributed by atoms with E-state index in [0.717, 1.165) is 24.3 Å². The fourth-order valence-electron chi connectivity index (χ4n) is 5.10. The molecule has 0 aliphatic carbocycles. The smallest absolute Gasteiger partial charge is 0.328 e. The Kier molecular flexibility index (Phi) is 5.35. The SMILES string of the molecule is Cc1ccc(N2CC(C)CN3C4C(=O)N(Cc5ccccc5Cl)C(=O)N(C)C4NC23)cc1. The Bertz CT molecular complexity index is 1040. The minimum atomic E-state index is -0.444. The normalized spacial score (nSPS) is 28.2. The number of rotatable bonds is 3. The molecule has 0 aromatic heterocycles. The Labute approximate surface area is 193 Å². The predicted molar refractivity (Wildman–Crippen MR) is 124 cm³/mol. The van der Waals surface area contributed by atoms with E-state index in [2.05, 4.69) is 53.2 Å². The maximum absolute atomic E-state index is 13.7. The fourth-order valence-corrected chi connectivity index (χ4v) is 5.29. The van der Waals surface area contributed by atoms with Gasteiger partial charge in [0.05, 0.1) is 6.54 Å². The van der Waals surface area contributed by atoms with Crippen molar-refractivity contribution in [2.45, 2.75) is 38.9 Å². The molecule has 1 N–H and O–H groups in total. The molecule has 3 aliphatic heterocycles. The Morgan fingerprint density at radius 3 is 2.50 bits per heavy atom. The van der Waals surface area contributed by atoms with E-state index < -0.39 is 6.04 Å². The van der Waals surface area contributed by atoms with Crippen LogP contribution in [0.25, 0.3) is 0 Å². The number of fused-ring (bicyclic) bond motifs is 3. The molecular weight excluding hydrogens is 426 g/mol. The number of hydrogen-bond donors (Lipinski definition) is 1. The molecule has 2 aromatic carbocycles. The Morgan fingerprint density at radius 2 is 1.78 bits per heavy atom. The number of carbonyl (C=O) groups excluding carboxylic acids is 2. The van der Waals surface area contributed by atoms with Crippen molar-refractivity contribution in [3.8, 4) is 0 Å². The lowest BCUT2D eigenvalue weighted by molar-refractivity contribution is -0.139. The minimum Gasteiger partial charge on any atom is -0.343 e. The van der Waals surface area contributed by atoms with Crippen LogP contribution >= 0.6 is 11.6 Å². The first-order valence-electron chi connectivity index (χ1n) is 11.0. The maximum atomic E-state index is 13.7. The van der Waals surface area contributed by atoms with Gasteiger partial charge in [0.15, 0.2) is 0 Å². The molecule has 3 amide bonds. The van der Waals surface area contributed by atoms with Crippen molar-refractivity contribution in [2.24, 2.45) is 5.92 Å². The molecule has 168 valence electrons. The van der Waals surface area contributed by atoms with Crippen molar-refractivity contribution >= 4 is 29.2 Å². The summed E-state index contributed by atoms with van der Waals surface area (Å²) < 4.78 is 0. The Morgan fingerprint density at radius 1 is 1.06 bits per heavy atom. The van der Waals surface area contributed by atoms with Gasteiger partial charge in [-0.15, -0.1) is 0 Å². The second-order valence-electron chi connectivity index (χ2n) is 9.13. The van der Waals surface area contributed by atoms with Crippen molar-refractivity contribution in [3.05, 3.63) is 64.7 Å². The molecule has 32 heavy (non-hydrogen) atoms. The monoisotopic (exact) mass is 453 g/mol. The van der Waals surface area contributed by atoms with Crippen molar-refractivity contribution in [2.75, 3.05) is 25.0 Å². The van der Waals surface area contributed by atoms with Gasteiger partial charge in [-0.25, -0.2) is 4.79 Å². The van der Waals surface area contributed by atoms with Crippen LogP contribution in [0.5, 0.6) is 0 Å². The molecule has 8 heteroatoms. The molecule has 3 saturated heterocycles. The van der Waals surface area contributed by atoms with Gasteiger partial charge in [0.1, 0.15) is 18.5 Å². The largest absolute Gasteiger partial charge is 0.343 e. The molecule has 3 heterocycles. The second kappa shape index (κ2) is 8.06. The maximum Gasteiger partial charge on any atom is 0.328 e. The third kappa shape index (κ3) is 3.45. The molecule has 0 radical (unpaired) electrons. The van der Waals surface area contributed by atoms with Crippen LogP contribution in [0.1, 0.15) is 18.1 Å². The van der Waals surface area contributed by atoms with E-state index in [4.69, 9.17) is 11.6 Å². The van der Waals surface area contributed by atoms with E-state index >= 15 is 0 Å². The van der Waals surface area contributed by atoms with Gasteiger partial charge in [-0.3, -0.25) is 19.9 Å². The number of anilines is 1. The second-order valence-corrected chi connectivity index (χ2v) is 9.54. The van der Waals surface area contributed by atoms with Crippen molar-refractivity contribution in [3.63, 3.8) is 0 Å². The number of amides is 3. The highest BCUT2D eigenvalue weighted by Gasteiger charge is 2.56. The van der Waals surface area contributed by atoms with Gasteiger partial charge in [0.25, 0.3) is 5.91 Å². The molecule has 4 atom stereocenters. The van der Waals surface area contributed by atoms with E-state index in [9.17, 15) is 9.59 Å². The lowest BCUT2D eigenvalue weighted by Crippen LogP contribution is -2.66. The van der Waals surface area contributed by atoms with Gasteiger partial charge in [-0.2, -0.15) is 0 Å².